The van der Waals surface area contributed by atoms with Gasteiger partial charge in [0.1, 0.15) is 30.1 Å². The fourth-order valence-corrected chi connectivity index (χ4v) is 11.0. The smallest absolute Gasteiger partial charge is 0.329 e. The number of aliphatic hydroxyl groups excluding tert-OH is 2. The van der Waals surface area contributed by atoms with E-state index in [1.54, 1.807) is 47.9 Å². The molecule has 3 heterocycles. The zero-order valence-corrected chi connectivity index (χ0v) is 46.0. The third-order valence-corrected chi connectivity index (χ3v) is 15.7. The normalized spacial score (nSPS) is 35.7. The number of aliphatic hydroxyl groups is 3. The highest BCUT2D eigenvalue weighted by Gasteiger charge is 2.53. The summed E-state index contributed by atoms with van der Waals surface area (Å²) in [6, 6.07) is -1.18. The van der Waals surface area contributed by atoms with Gasteiger partial charge in [-0.05, 0) is 113 Å². The summed E-state index contributed by atoms with van der Waals surface area (Å²) in [6.45, 7) is 13.0. The summed E-state index contributed by atoms with van der Waals surface area (Å²) in [7, 11) is 4.57. The second-order valence-electron chi connectivity index (χ2n) is 21.6. The molecular weight excluding hydrogens is 953 g/mol. The Morgan fingerprint density at radius 1 is 0.892 bits per heavy atom. The number of fused-ring (bicyclic) bond motifs is 3. The Bertz CT molecular complexity index is 1980. The van der Waals surface area contributed by atoms with Crippen LogP contribution in [-0.2, 0) is 57.2 Å². The fourth-order valence-electron chi connectivity index (χ4n) is 11.0. The molecule has 0 spiro atoms. The number of hydrogen-bond acceptors (Lipinski definition) is 15. The van der Waals surface area contributed by atoms with Gasteiger partial charge in [0.05, 0.1) is 37.6 Å². The maximum Gasteiger partial charge on any atom is 0.329 e. The minimum Gasteiger partial charge on any atom is -0.460 e. The van der Waals surface area contributed by atoms with E-state index in [0.29, 0.717) is 63.4 Å². The van der Waals surface area contributed by atoms with Crippen LogP contribution in [0.5, 0.6) is 0 Å². The maximum atomic E-state index is 14.6. The lowest BCUT2D eigenvalue weighted by Gasteiger charge is -2.43. The van der Waals surface area contributed by atoms with Gasteiger partial charge in [-0.2, -0.15) is 0 Å². The number of carbonyl (C=O) groups excluding carboxylic acids is 6. The van der Waals surface area contributed by atoms with Crippen molar-refractivity contribution in [1.82, 2.24) is 10.2 Å². The number of amides is 2. The van der Waals surface area contributed by atoms with Gasteiger partial charge in [0.25, 0.3) is 11.7 Å². The van der Waals surface area contributed by atoms with Gasteiger partial charge in [0.2, 0.25) is 11.7 Å². The van der Waals surface area contributed by atoms with Crippen LogP contribution in [0.1, 0.15) is 138 Å². The van der Waals surface area contributed by atoms with Crippen molar-refractivity contribution < 1.29 is 72.5 Å². The van der Waals surface area contributed by atoms with Gasteiger partial charge in [-0.15, -0.1) is 0 Å². The molecule has 74 heavy (non-hydrogen) atoms. The number of cyclic esters (lactones) is 1. The van der Waals surface area contributed by atoms with Crippen molar-refractivity contribution in [3.05, 3.63) is 47.6 Å². The number of ketones is 3. The standard InChI is InChI=1S/C57H90N2O15/c1-35-17-12-11-13-18-36(2)47(71-27-16-20-50(62)58-8)33-43-23-21-41(7)57(68,74-43)54(65)55(66)59-25-15-14-19-44(59)56(67)73-48(38(4)31-42-22-24-46(72-28-26-60)49(32-42)69-9)34-45(61)37(3)30-40(6)52(64)53(70-10)51(63)39(5)29-35/h11-13,17-18,30,35,37-39,41-44,46-49,52-53,60,64,68H,14-16,19-29,31-34H2,1-10H3,(H,58,62)/b13-11?,17-12+,36-18?,40-30+/t35-,37-,38-,39-,41-,42+,43+,44+,46-,47+,48+,49-,52-,53+,57-/m1/s1. The molecular formula is C57H90N2O15. The zero-order chi connectivity index (χ0) is 54.7. The van der Waals surface area contributed by atoms with E-state index >= 15 is 0 Å². The highest BCUT2D eigenvalue weighted by Crippen LogP contribution is 2.38. The molecule has 17 nitrogen and oxygen atoms in total. The van der Waals surface area contributed by atoms with Crippen LogP contribution in [0.2, 0.25) is 0 Å². The van der Waals surface area contributed by atoms with Crippen molar-refractivity contribution in [3.63, 3.8) is 0 Å². The molecule has 418 valence electrons. The van der Waals surface area contributed by atoms with Crippen molar-refractivity contribution in [3.8, 4) is 0 Å². The summed E-state index contributed by atoms with van der Waals surface area (Å²) >= 11 is 0. The van der Waals surface area contributed by atoms with Crippen molar-refractivity contribution in [1.29, 1.82) is 0 Å². The number of Topliss-reactive ketones (excluding diaryl/α,β-unsaturated/α-hetero) is 3. The van der Waals surface area contributed by atoms with Gasteiger partial charge in [-0.1, -0.05) is 71.1 Å². The number of methoxy groups -OCH3 is 2. The molecule has 4 aliphatic rings. The number of rotatable bonds is 13. The first-order chi connectivity index (χ1) is 35.2. The Morgan fingerprint density at radius 3 is 2.32 bits per heavy atom. The molecule has 3 fully saturated rings. The van der Waals surface area contributed by atoms with Gasteiger partial charge < -0.3 is 54.0 Å². The summed E-state index contributed by atoms with van der Waals surface area (Å²) < 4.78 is 36.2. The molecule has 17 heteroatoms. The van der Waals surface area contributed by atoms with Crippen molar-refractivity contribution >= 4 is 35.1 Å². The van der Waals surface area contributed by atoms with Gasteiger partial charge >= 0.3 is 5.97 Å². The van der Waals surface area contributed by atoms with Crippen LogP contribution in [0.3, 0.4) is 0 Å². The SMILES string of the molecule is CNC(=O)CCCO[C@H]1C[C@@H]2CC[C@@H](C)[C@@](O)(O2)C(=O)C(=O)N2CCCC[C@H]2C(=O)O[C@H]([C@H](C)C[C@@H]2CC[C@@H](OCCO)[C@H](OC)C2)CC(=O)[C@H](C)/C=C(\C)[C@@H](O)[C@@H](OC)C(=O)[C@H](C)C[C@H](C)/C=C/C=CC=C1C. The minimum atomic E-state index is -2.50. The first kappa shape index (κ1) is 62.6. The van der Waals surface area contributed by atoms with Crippen LogP contribution in [-0.4, -0.2) is 158 Å². The third kappa shape index (κ3) is 17.8. The first-order valence-electron chi connectivity index (χ1n) is 27.2. The maximum absolute atomic E-state index is 14.6. The van der Waals surface area contributed by atoms with Gasteiger partial charge in [0.15, 0.2) is 5.78 Å². The van der Waals surface area contributed by atoms with E-state index in [-0.39, 0.29) is 99.5 Å². The number of carbonyl (C=O) groups is 6. The summed E-state index contributed by atoms with van der Waals surface area (Å²) in [6.07, 6.45) is 12.0. The number of piperidine rings is 1. The molecule has 1 saturated carbocycles. The van der Waals surface area contributed by atoms with E-state index in [1.807, 2.05) is 51.2 Å². The second-order valence-corrected chi connectivity index (χ2v) is 21.6. The van der Waals surface area contributed by atoms with E-state index in [1.165, 1.54) is 12.0 Å². The molecule has 4 N–H and O–H groups in total. The number of esters is 1. The average molecular weight is 1040 g/mol. The molecule has 0 aromatic rings. The molecule has 4 rings (SSSR count). The fraction of sp³-hybridized carbons (Fsp3) is 0.754. The van der Waals surface area contributed by atoms with Crippen molar-refractivity contribution in [2.24, 2.45) is 35.5 Å². The molecule has 15 atom stereocenters. The molecule has 1 aliphatic carbocycles. The molecule has 3 aliphatic heterocycles. The van der Waals surface area contributed by atoms with E-state index in [2.05, 4.69) is 5.32 Å². The molecule has 0 radical (unpaired) electrons. The predicted octanol–water partition coefficient (Wildman–Crippen LogP) is 6.09. The Morgan fingerprint density at radius 2 is 1.64 bits per heavy atom. The van der Waals surface area contributed by atoms with Crippen LogP contribution in [0.4, 0.5) is 0 Å². The largest absolute Gasteiger partial charge is 0.460 e. The predicted molar refractivity (Wildman–Crippen MR) is 278 cm³/mol. The van der Waals surface area contributed by atoms with Crippen molar-refractivity contribution in [2.75, 3.05) is 47.6 Å². The molecule has 0 aromatic carbocycles. The van der Waals surface area contributed by atoms with E-state index in [9.17, 15) is 44.1 Å². The highest BCUT2D eigenvalue weighted by atomic mass is 16.6. The lowest BCUT2D eigenvalue weighted by Crippen LogP contribution is -2.61. The summed E-state index contributed by atoms with van der Waals surface area (Å²) in [5.41, 5.74) is 1.19. The Labute approximate surface area is 440 Å². The number of allylic oxidation sites excluding steroid dienone is 6. The molecule has 0 unspecified atom stereocenters. The average Bonchev–Trinajstić information content (AvgIpc) is 3.38. The molecule has 2 bridgehead atoms. The van der Waals surface area contributed by atoms with E-state index in [0.717, 1.165) is 12.0 Å². The molecule has 0 aromatic heterocycles. The topological polar surface area (TPSA) is 234 Å². The van der Waals surface area contributed by atoms with Gasteiger partial charge in [-0.25, -0.2) is 4.79 Å². The van der Waals surface area contributed by atoms with Gasteiger partial charge in [0, 0.05) is 71.4 Å². The lowest BCUT2D eigenvalue weighted by molar-refractivity contribution is -0.266. The molecule has 2 saturated heterocycles. The zero-order valence-electron chi connectivity index (χ0n) is 46.0. The van der Waals surface area contributed by atoms with Gasteiger partial charge in [-0.3, -0.25) is 24.0 Å². The van der Waals surface area contributed by atoms with Crippen LogP contribution >= 0.6 is 0 Å². The number of nitrogens with zero attached hydrogens (tertiary/aromatic N) is 1. The summed E-state index contributed by atoms with van der Waals surface area (Å²) in [5, 5.41) is 35.7. The Balaban J connectivity index is 1.71. The minimum absolute atomic E-state index is 0.0215. The van der Waals surface area contributed by atoms with Crippen molar-refractivity contribution in [2.45, 2.75) is 193 Å². The summed E-state index contributed by atoms with van der Waals surface area (Å²) in [4.78, 5) is 84.7. The van der Waals surface area contributed by atoms with E-state index in [4.69, 9.17) is 28.4 Å². The second kappa shape index (κ2) is 30.7. The monoisotopic (exact) mass is 1040 g/mol. The Hall–Kier alpha value is -3.94. The van der Waals surface area contributed by atoms with Crippen LogP contribution in [0, 0.1) is 35.5 Å². The number of hydrogen-bond donors (Lipinski definition) is 4. The molecule has 2 amide bonds. The highest BCUT2D eigenvalue weighted by molar-refractivity contribution is 6.39. The Kier molecular flexibility index (Phi) is 26.0. The first-order valence-corrected chi connectivity index (χ1v) is 27.2. The third-order valence-electron chi connectivity index (χ3n) is 15.7. The van der Waals surface area contributed by atoms with Crippen LogP contribution in [0.25, 0.3) is 0 Å². The number of ether oxygens (including phenoxy) is 6. The number of nitrogens with one attached hydrogen (secondary N) is 1. The van der Waals surface area contributed by atoms with E-state index < -0.39 is 77.8 Å². The summed E-state index contributed by atoms with van der Waals surface area (Å²) in [5.74, 6) is -8.43. The van der Waals surface area contributed by atoms with Crippen LogP contribution in [0.15, 0.2) is 47.6 Å². The quantitative estimate of drug-likeness (QED) is 0.0707. The lowest BCUT2D eigenvalue weighted by atomic mass is 9.78. The van der Waals surface area contributed by atoms with Crippen LogP contribution < -0.4 is 5.32 Å².